The van der Waals surface area contributed by atoms with Crippen molar-refractivity contribution in [2.24, 2.45) is 5.73 Å². The zero-order chi connectivity index (χ0) is 8.97. The Hall–Kier alpha value is -0.520. The number of aromatic nitrogens is 2. The first-order valence-electron chi connectivity index (χ1n) is 3.56. The van der Waals surface area contributed by atoms with Gasteiger partial charge in [-0.2, -0.15) is 0 Å². The normalized spacial score (nSPS) is 12.9. The topological polar surface area (TPSA) is 72.0 Å². The minimum atomic E-state index is -0.155. The van der Waals surface area contributed by atoms with E-state index in [1.165, 1.54) is 0 Å². The van der Waals surface area contributed by atoms with Gasteiger partial charge >= 0.3 is 0 Å². The number of nitrogens with two attached hydrogens (primary N) is 1. The number of nitrogens with zero attached hydrogens (tertiary/aromatic N) is 2. The van der Waals surface area contributed by atoms with Gasteiger partial charge in [0.25, 0.3) is 0 Å². The van der Waals surface area contributed by atoms with Crippen LogP contribution in [0, 0.1) is 0 Å². The molecule has 1 atom stereocenters. The van der Waals surface area contributed by atoms with Crippen molar-refractivity contribution >= 4 is 15.9 Å². The summed E-state index contributed by atoms with van der Waals surface area (Å²) in [6, 6.07) is 0. The van der Waals surface area contributed by atoms with E-state index in [2.05, 4.69) is 25.9 Å². The highest BCUT2D eigenvalue weighted by atomic mass is 79.9. The Morgan fingerprint density at radius 2 is 2.08 bits per heavy atom. The van der Waals surface area contributed by atoms with E-state index in [1.807, 2.05) is 0 Å². The van der Waals surface area contributed by atoms with E-state index < -0.39 is 0 Å². The van der Waals surface area contributed by atoms with Crippen LogP contribution in [0.5, 0.6) is 0 Å². The number of halogens is 1. The summed E-state index contributed by atoms with van der Waals surface area (Å²) in [5.41, 5.74) is 5.40. The predicted molar refractivity (Wildman–Crippen MR) is 48.6 cm³/mol. The molecular weight excluding hydrogens is 222 g/mol. The van der Waals surface area contributed by atoms with E-state index in [-0.39, 0.29) is 12.5 Å². The molecule has 0 saturated carbocycles. The third-order valence-corrected chi connectivity index (χ3v) is 1.92. The molecular formula is C7H10BrN3O. The van der Waals surface area contributed by atoms with E-state index in [0.717, 1.165) is 4.47 Å². The van der Waals surface area contributed by atoms with Crippen LogP contribution in [-0.2, 0) is 0 Å². The van der Waals surface area contributed by atoms with Gasteiger partial charge in [0.05, 0.1) is 17.0 Å². The van der Waals surface area contributed by atoms with Gasteiger partial charge in [-0.15, -0.1) is 0 Å². The number of hydrogen-bond acceptors (Lipinski definition) is 4. The van der Waals surface area contributed by atoms with E-state index in [1.54, 1.807) is 12.4 Å². The number of aliphatic hydroxyl groups is 1. The molecule has 3 N–H and O–H groups in total. The molecule has 12 heavy (non-hydrogen) atoms. The summed E-state index contributed by atoms with van der Waals surface area (Å²) in [4.78, 5) is 8.04. The Labute approximate surface area is 79.0 Å². The maximum Gasteiger partial charge on any atom is 0.134 e. The van der Waals surface area contributed by atoms with Crippen LogP contribution in [0.1, 0.15) is 11.7 Å². The van der Waals surface area contributed by atoms with Gasteiger partial charge in [0.1, 0.15) is 5.82 Å². The Morgan fingerprint density at radius 3 is 2.50 bits per heavy atom. The molecule has 1 heterocycles. The van der Waals surface area contributed by atoms with Crippen LogP contribution in [0.2, 0.25) is 0 Å². The van der Waals surface area contributed by atoms with Crippen molar-refractivity contribution in [3.8, 4) is 0 Å². The first kappa shape index (κ1) is 9.57. The average molecular weight is 232 g/mol. The van der Waals surface area contributed by atoms with Crippen LogP contribution < -0.4 is 5.73 Å². The third-order valence-electron chi connectivity index (χ3n) is 1.51. The first-order chi connectivity index (χ1) is 5.77. The van der Waals surface area contributed by atoms with E-state index >= 15 is 0 Å². The summed E-state index contributed by atoms with van der Waals surface area (Å²) in [5.74, 6) is 0.432. The van der Waals surface area contributed by atoms with Crippen molar-refractivity contribution in [1.82, 2.24) is 9.97 Å². The van der Waals surface area contributed by atoms with Gasteiger partial charge in [0.2, 0.25) is 0 Å². The minimum absolute atomic E-state index is 0.0157. The molecule has 0 aliphatic rings. The molecule has 0 fully saturated rings. The molecule has 66 valence electrons. The fraction of sp³-hybridized carbons (Fsp3) is 0.429. The molecule has 0 bridgehead atoms. The van der Waals surface area contributed by atoms with Crippen LogP contribution in [0.3, 0.4) is 0 Å². The molecule has 5 heteroatoms. The number of hydrogen-bond donors (Lipinski definition) is 2. The highest BCUT2D eigenvalue weighted by Gasteiger charge is 2.10. The van der Waals surface area contributed by atoms with Gasteiger partial charge in [0, 0.05) is 18.9 Å². The van der Waals surface area contributed by atoms with Crippen LogP contribution in [0.15, 0.2) is 16.9 Å². The fourth-order valence-electron chi connectivity index (χ4n) is 0.795. The quantitative estimate of drug-likeness (QED) is 0.784. The largest absolute Gasteiger partial charge is 0.396 e. The van der Waals surface area contributed by atoms with Gasteiger partial charge < -0.3 is 10.8 Å². The van der Waals surface area contributed by atoms with Crippen molar-refractivity contribution in [2.45, 2.75) is 5.92 Å². The SMILES string of the molecule is NCC(CO)c1ncc(Br)cn1. The summed E-state index contributed by atoms with van der Waals surface area (Å²) in [6.45, 7) is 0.344. The molecule has 0 radical (unpaired) electrons. The molecule has 0 aliphatic carbocycles. The standard InChI is InChI=1S/C7H10BrN3O/c8-6-2-10-7(11-3-6)5(1-9)4-12/h2-3,5,12H,1,4,9H2. The molecule has 0 amide bonds. The Kier molecular flexibility index (Phi) is 3.58. The molecule has 1 aromatic heterocycles. The number of aliphatic hydroxyl groups excluding tert-OH is 1. The van der Waals surface area contributed by atoms with Crippen molar-refractivity contribution in [1.29, 1.82) is 0 Å². The molecule has 0 aromatic carbocycles. The van der Waals surface area contributed by atoms with E-state index in [4.69, 9.17) is 10.8 Å². The highest BCUT2D eigenvalue weighted by Crippen LogP contribution is 2.10. The van der Waals surface area contributed by atoms with Gasteiger partial charge in [-0.1, -0.05) is 0 Å². The zero-order valence-electron chi connectivity index (χ0n) is 6.44. The van der Waals surface area contributed by atoms with Crippen LogP contribution in [0.25, 0.3) is 0 Å². The van der Waals surface area contributed by atoms with Crippen molar-refractivity contribution < 1.29 is 5.11 Å². The Balaban J connectivity index is 2.80. The first-order valence-corrected chi connectivity index (χ1v) is 4.35. The molecule has 1 unspecified atom stereocenters. The Morgan fingerprint density at radius 1 is 1.50 bits per heavy atom. The lowest BCUT2D eigenvalue weighted by atomic mass is 10.1. The van der Waals surface area contributed by atoms with Gasteiger partial charge in [0.15, 0.2) is 0 Å². The predicted octanol–water partition coefficient (Wildman–Crippen LogP) is 0.274. The average Bonchev–Trinajstić information content (AvgIpc) is 2.10. The smallest absolute Gasteiger partial charge is 0.134 e. The molecule has 1 rings (SSSR count). The second-order valence-corrected chi connectivity index (χ2v) is 3.29. The second kappa shape index (κ2) is 4.49. The van der Waals surface area contributed by atoms with Gasteiger partial charge in [-0.3, -0.25) is 0 Å². The van der Waals surface area contributed by atoms with Crippen molar-refractivity contribution in [3.63, 3.8) is 0 Å². The second-order valence-electron chi connectivity index (χ2n) is 2.37. The zero-order valence-corrected chi connectivity index (χ0v) is 8.03. The molecule has 4 nitrogen and oxygen atoms in total. The van der Waals surface area contributed by atoms with Crippen LogP contribution in [0.4, 0.5) is 0 Å². The number of rotatable bonds is 3. The summed E-state index contributed by atoms with van der Waals surface area (Å²) in [6.07, 6.45) is 3.28. The molecule has 0 aliphatic heterocycles. The highest BCUT2D eigenvalue weighted by molar-refractivity contribution is 9.10. The lowest BCUT2D eigenvalue weighted by molar-refractivity contribution is 0.263. The summed E-state index contributed by atoms with van der Waals surface area (Å²) < 4.78 is 0.819. The lowest BCUT2D eigenvalue weighted by Gasteiger charge is -2.08. The molecule has 1 aromatic rings. The van der Waals surface area contributed by atoms with Crippen LogP contribution in [-0.4, -0.2) is 28.2 Å². The minimum Gasteiger partial charge on any atom is -0.396 e. The molecule has 0 spiro atoms. The van der Waals surface area contributed by atoms with Gasteiger partial charge in [-0.25, -0.2) is 9.97 Å². The van der Waals surface area contributed by atoms with Crippen molar-refractivity contribution in [3.05, 3.63) is 22.7 Å². The Bertz CT molecular complexity index is 235. The van der Waals surface area contributed by atoms with Gasteiger partial charge in [-0.05, 0) is 15.9 Å². The third kappa shape index (κ3) is 2.23. The molecule has 0 saturated heterocycles. The van der Waals surface area contributed by atoms with Crippen LogP contribution >= 0.6 is 15.9 Å². The monoisotopic (exact) mass is 231 g/mol. The maximum absolute atomic E-state index is 8.88. The lowest BCUT2D eigenvalue weighted by Crippen LogP contribution is -2.18. The summed E-state index contributed by atoms with van der Waals surface area (Å²) in [7, 11) is 0. The fourth-order valence-corrected chi connectivity index (χ4v) is 0.999. The summed E-state index contributed by atoms with van der Waals surface area (Å²) >= 11 is 3.22. The van der Waals surface area contributed by atoms with E-state index in [9.17, 15) is 0 Å². The summed E-state index contributed by atoms with van der Waals surface area (Å²) in [5, 5.41) is 8.88. The van der Waals surface area contributed by atoms with E-state index in [0.29, 0.717) is 12.4 Å². The maximum atomic E-state index is 8.88. The van der Waals surface area contributed by atoms with Crippen molar-refractivity contribution in [2.75, 3.05) is 13.2 Å².